The second-order valence-corrected chi connectivity index (χ2v) is 2.63. The molecule has 0 amide bonds. The lowest BCUT2D eigenvalue weighted by Crippen LogP contribution is -2.07. The van der Waals surface area contributed by atoms with Crippen LogP contribution in [0.25, 0.3) is 5.57 Å². The molecule has 0 unspecified atom stereocenters. The molecular formula is C9H4F4O2. The van der Waals surface area contributed by atoms with Crippen LogP contribution in [0.2, 0.25) is 0 Å². The number of rotatable bonds is 2. The number of carbonyl (C=O) groups is 1. The van der Waals surface area contributed by atoms with E-state index in [0.717, 1.165) is 0 Å². The van der Waals surface area contributed by atoms with Crippen molar-refractivity contribution in [3.8, 4) is 0 Å². The van der Waals surface area contributed by atoms with Gasteiger partial charge in [-0.15, -0.1) is 0 Å². The summed E-state index contributed by atoms with van der Waals surface area (Å²) in [5.74, 6) is -8.67. The Bertz CT molecular complexity index is 428. The second kappa shape index (κ2) is 3.72. The van der Waals surface area contributed by atoms with Gasteiger partial charge in [-0.2, -0.15) is 0 Å². The van der Waals surface area contributed by atoms with E-state index in [9.17, 15) is 22.4 Å². The fourth-order valence-corrected chi connectivity index (χ4v) is 0.945. The molecule has 0 radical (unpaired) electrons. The molecule has 0 atom stereocenters. The summed E-state index contributed by atoms with van der Waals surface area (Å²) in [6.07, 6.45) is 0. The van der Waals surface area contributed by atoms with Crippen LogP contribution in [0.15, 0.2) is 12.6 Å². The Hall–Kier alpha value is -1.85. The van der Waals surface area contributed by atoms with Crippen molar-refractivity contribution in [3.05, 3.63) is 41.5 Å². The van der Waals surface area contributed by atoms with Crippen molar-refractivity contribution in [2.75, 3.05) is 0 Å². The Kier molecular flexibility index (Phi) is 2.78. The van der Waals surface area contributed by atoms with Crippen molar-refractivity contribution >= 4 is 11.5 Å². The van der Waals surface area contributed by atoms with Gasteiger partial charge in [0.05, 0.1) is 11.1 Å². The molecular weight excluding hydrogens is 216 g/mol. The molecule has 0 aliphatic carbocycles. The van der Waals surface area contributed by atoms with E-state index in [0.29, 0.717) is 0 Å². The van der Waals surface area contributed by atoms with Gasteiger partial charge >= 0.3 is 5.97 Å². The summed E-state index contributed by atoms with van der Waals surface area (Å²) >= 11 is 0. The Balaban J connectivity index is 3.53. The van der Waals surface area contributed by atoms with Crippen LogP contribution in [0, 0.1) is 23.3 Å². The molecule has 0 spiro atoms. The van der Waals surface area contributed by atoms with Gasteiger partial charge < -0.3 is 5.11 Å². The summed E-state index contributed by atoms with van der Waals surface area (Å²) in [4.78, 5) is 10.3. The van der Waals surface area contributed by atoms with Gasteiger partial charge in [0, 0.05) is 6.07 Å². The molecule has 80 valence electrons. The molecule has 0 bridgehead atoms. The summed E-state index contributed by atoms with van der Waals surface area (Å²) in [5.41, 5.74) is -2.36. The highest BCUT2D eigenvalue weighted by Crippen LogP contribution is 2.25. The molecule has 0 aromatic heterocycles. The monoisotopic (exact) mass is 220 g/mol. The lowest BCUT2D eigenvalue weighted by Gasteiger charge is -2.05. The van der Waals surface area contributed by atoms with Crippen LogP contribution in [-0.4, -0.2) is 11.1 Å². The predicted molar refractivity (Wildman–Crippen MR) is 42.9 cm³/mol. The number of hydrogen-bond donors (Lipinski definition) is 1. The highest BCUT2D eigenvalue weighted by Gasteiger charge is 2.24. The van der Waals surface area contributed by atoms with Crippen LogP contribution in [0.1, 0.15) is 5.56 Å². The van der Waals surface area contributed by atoms with E-state index in [1.807, 2.05) is 0 Å². The summed E-state index contributed by atoms with van der Waals surface area (Å²) in [6.45, 7) is 2.82. The molecule has 0 aliphatic rings. The molecule has 0 fully saturated rings. The van der Waals surface area contributed by atoms with Gasteiger partial charge in [0.25, 0.3) is 0 Å². The molecule has 1 N–H and O–H groups in total. The van der Waals surface area contributed by atoms with Crippen molar-refractivity contribution in [1.29, 1.82) is 0 Å². The smallest absolute Gasteiger partial charge is 0.335 e. The van der Waals surface area contributed by atoms with Gasteiger partial charge in [0.1, 0.15) is 0 Å². The first-order chi connectivity index (χ1) is 6.86. The summed E-state index contributed by atoms with van der Waals surface area (Å²) in [7, 11) is 0. The predicted octanol–water partition coefficient (Wildman–Crippen LogP) is 2.34. The third-order valence-corrected chi connectivity index (χ3v) is 1.67. The highest BCUT2D eigenvalue weighted by atomic mass is 19.2. The number of aliphatic carboxylic acids is 1. The third-order valence-electron chi connectivity index (χ3n) is 1.67. The second-order valence-electron chi connectivity index (χ2n) is 2.63. The van der Waals surface area contributed by atoms with Crippen molar-refractivity contribution < 1.29 is 27.5 Å². The fourth-order valence-electron chi connectivity index (χ4n) is 0.945. The van der Waals surface area contributed by atoms with E-state index in [2.05, 4.69) is 6.58 Å². The number of carboxylic acids is 1. The van der Waals surface area contributed by atoms with Gasteiger partial charge in [0.2, 0.25) is 0 Å². The van der Waals surface area contributed by atoms with Crippen molar-refractivity contribution in [2.45, 2.75) is 0 Å². The van der Waals surface area contributed by atoms with Crippen LogP contribution >= 0.6 is 0 Å². The highest BCUT2D eigenvalue weighted by molar-refractivity contribution is 6.14. The summed E-state index contributed by atoms with van der Waals surface area (Å²) < 4.78 is 51.2. The normalized spacial score (nSPS) is 10.1. The van der Waals surface area contributed by atoms with Crippen LogP contribution in [-0.2, 0) is 4.79 Å². The number of halogens is 4. The van der Waals surface area contributed by atoms with Crippen LogP contribution in [0.4, 0.5) is 17.6 Å². The standard InChI is InChI=1S/C9H4F4O2/c1-3(9(14)15)6-7(12)4(10)2-5(11)8(6)13/h2H,1H2,(H,14,15). The Morgan fingerprint density at radius 3 is 1.87 bits per heavy atom. The van der Waals surface area contributed by atoms with Crippen molar-refractivity contribution in [2.24, 2.45) is 0 Å². The van der Waals surface area contributed by atoms with Gasteiger partial charge in [-0.1, -0.05) is 6.58 Å². The van der Waals surface area contributed by atoms with Crippen LogP contribution < -0.4 is 0 Å². The summed E-state index contributed by atoms with van der Waals surface area (Å²) in [5, 5.41) is 8.39. The average Bonchev–Trinajstić information content (AvgIpc) is 2.15. The molecule has 2 nitrogen and oxygen atoms in total. The molecule has 1 rings (SSSR count). The lowest BCUT2D eigenvalue weighted by molar-refractivity contribution is -0.130. The zero-order valence-electron chi connectivity index (χ0n) is 7.15. The lowest BCUT2D eigenvalue weighted by atomic mass is 10.1. The molecule has 1 aromatic rings. The zero-order valence-corrected chi connectivity index (χ0v) is 7.15. The number of benzene rings is 1. The molecule has 0 aliphatic heterocycles. The maximum Gasteiger partial charge on any atom is 0.335 e. The van der Waals surface area contributed by atoms with Gasteiger partial charge in [0.15, 0.2) is 23.3 Å². The zero-order chi connectivity index (χ0) is 11.7. The largest absolute Gasteiger partial charge is 0.478 e. The molecule has 15 heavy (non-hydrogen) atoms. The maximum atomic E-state index is 12.9. The summed E-state index contributed by atoms with van der Waals surface area (Å²) in [6, 6.07) is -0.0106. The van der Waals surface area contributed by atoms with Crippen molar-refractivity contribution in [1.82, 2.24) is 0 Å². The minimum Gasteiger partial charge on any atom is -0.478 e. The Morgan fingerprint density at radius 1 is 1.13 bits per heavy atom. The van der Waals surface area contributed by atoms with E-state index in [1.54, 1.807) is 0 Å². The Morgan fingerprint density at radius 2 is 1.53 bits per heavy atom. The fraction of sp³-hybridized carbons (Fsp3) is 0. The molecule has 0 saturated heterocycles. The quantitative estimate of drug-likeness (QED) is 0.471. The van der Waals surface area contributed by atoms with Crippen LogP contribution in [0.3, 0.4) is 0 Å². The Labute approximate surface area is 81.5 Å². The third kappa shape index (κ3) is 1.83. The van der Waals surface area contributed by atoms with Gasteiger partial charge in [-0.05, 0) is 0 Å². The minimum absolute atomic E-state index is 0.0106. The van der Waals surface area contributed by atoms with Crippen molar-refractivity contribution in [3.63, 3.8) is 0 Å². The molecule has 1 aromatic carbocycles. The average molecular weight is 220 g/mol. The first kappa shape index (κ1) is 11.2. The number of hydrogen-bond acceptors (Lipinski definition) is 1. The van der Waals surface area contributed by atoms with E-state index < -0.39 is 40.4 Å². The van der Waals surface area contributed by atoms with Crippen LogP contribution in [0.5, 0.6) is 0 Å². The van der Waals surface area contributed by atoms with Gasteiger partial charge in [-0.25, -0.2) is 22.4 Å². The van der Waals surface area contributed by atoms with E-state index in [-0.39, 0.29) is 6.07 Å². The topological polar surface area (TPSA) is 37.3 Å². The molecule has 6 heteroatoms. The first-order valence-corrected chi connectivity index (χ1v) is 3.61. The van der Waals surface area contributed by atoms with E-state index >= 15 is 0 Å². The molecule has 0 saturated carbocycles. The SMILES string of the molecule is C=C(C(=O)O)c1c(F)c(F)cc(F)c1F. The minimum atomic E-state index is -1.78. The van der Waals surface area contributed by atoms with Gasteiger partial charge in [-0.3, -0.25) is 0 Å². The first-order valence-electron chi connectivity index (χ1n) is 3.61. The van der Waals surface area contributed by atoms with E-state index in [4.69, 9.17) is 5.11 Å². The van der Waals surface area contributed by atoms with E-state index in [1.165, 1.54) is 0 Å². The molecule has 0 heterocycles. The maximum absolute atomic E-state index is 12.9. The number of carboxylic acid groups (broad SMARTS) is 1.